The third-order valence-electron chi connectivity index (χ3n) is 5.57. The third kappa shape index (κ3) is 5.77. The first-order valence-corrected chi connectivity index (χ1v) is 11.7. The molecule has 1 aromatic heterocycles. The maximum Gasteiger partial charge on any atom is 0.222 e. The number of piperazine rings is 1. The minimum absolute atomic E-state index is 0.304. The van der Waals surface area contributed by atoms with Crippen molar-refractivity contribution in [2.75, 3.05) is 32.7 Å². The van der Waals surface area contributed by atoms with Gasteiger partial charge in [-0.25, -0.2) is 4.98 Å². The van der Waals surface area contributed by atoms with Crippen molar-refractivity contribution in [1.82, 2.24) is 14.8 Å². The summed E-state index contributed by atoms with van der Waals surface area (Å²) in [5.41, 5.74) is 2.32. The summed E-state index contributed by atoms with van der Waals surface area (Å²) in [6.07, 6.45) is 7.97. The molecule has 0 N–H and O–H groups in total. The minimum Gasteiger partial charge on any atom is -0.340 e. The molecule has 1 aliphatic heterocycles. The SMILES string of the molecule is O=C(CCCCc1nc2ccccc2s1)N1CCN(C/C=C/c2ccccc2)CC1. The number of para-hydroxylation sites is 1. The lowest BCUT2D eigenvalue weighted by Crippen LogP contribution is -2.48. The van der Waals surface area contributed by atoms with E-state index in [1.807, 2.05) is 17.0 Å². The lowest BCUT2D eigenvalue weighted by molar-refractivity contribution is -0.133. The Labute approximate surface area is 182 Å². The highest BCUT2D eigenvalue weighted by Crippen LogP contribution is 2.23. The zero-order valence-corrected chi connectivity index (χ0v) is 18.2. The van der Waals surface area contributed by atoms with Crippen molar-refractivity contribution >= 4 is 33.5 Å². The molecule has 3 aromatic rings. The highest BCUT2D eigenvalue weighted by Gasteiger charge is 2.19. The Hall–Kier alpha value is -2.50. The Morgan fingerprint density at radius 2 is 1.73 bits per heavy atom. The van der Waals surface area contributed by atoms with Gasteiger partial charge < -0.3 is 4.90 Å². The van der Waals surface area contributed by atoms with E-state index in [9.17, 15) is 4.79 Å². The molecule has 1 saturated heterocycles. The number of hydrogen-bond acceptors (Lipinski definition) is 4. The zero-order chi connectivity index (χ0) is 20.6. The number of carbonyl (C=O) groups excluding carboxylic acids is 1. The molecule has 0 aliphatic carbocycles. The molecule has 5 heteroatoms. The second-order valence-electron chi connectivity index (χ2n) is 7.78. The van der Waals surface area contributed by atoms with E-state index in [2.05, 4.69) is 64.5 Å². The number of nitrogens with zero attached hydrogens (tertiary/aromatic N) is 3. The Morgan fingerprint density at radius 3 is 2.53 bits per heavy atom. The molecule has 4 nitrogen and oxygen atoms in total. The van der Waals surface area contributed by atoms with Crippen LogP contribution in [-0.2, 0) is 11.2 Å². The van der Waals surface area contributed by atoms with Crippen molar-refractivity contribution in [2.45, 2.75) is 25.7 Å². The molecule has 1 fully saturated rings. The van der Waals surface area contributed by atoms with Gasteiger partial charge in [0.2, 0.25) is 5.91 Å². The first kappa shape index (κ1) is 20.8. The van der Waals surface area contributed by atoms with Crippen LogP contribution in [0.2, 0.25) is 0 Å². The number of aromatic nitrogens is 1. The smallest absolute Gasteiger partial charge is 0.222 e. The van der Waals surface area contributed by atoms with Crippen LogP contribution >= 0.6 is 11.3 Å². The fourth-order valence-corrected chi connectivity index (χ4v) is 4.83. The summed E-state index contributed by atoms with van der Waals surface area (Å²) in [5.74, 6) is 0.304. The molecule has 0 bridgehead atoms. The lowest BCUT2D eigenvalue weighted by Gasteiger charge is -2.34. The van der Waals surface area contributed by atoms with Gasteiger partial charge in [-0.15, -0.1) is 11.3 Å². The van der Waals surface area contributed by atoms with Crippen LogP contribution in [0.15, 0.2) is 60.7 Å². The summed E-state index contributed by atoms with van der Waals surface area (Å²) < 4.78 is 1.25. The van der Waals surface area contributed by atoms with Crippen molar-refractivity contribution in [1.29, 1.82) is 0 Å². The van der Waals surface area contributed by atoms with E-state index < -0.39 is 0 Å². The Morgan fingerprint density at radius 1 is 0.967 bits per heavy atom. The molecule has 0 radical (unpaired) electrons. The van der Waals surface area contributed by atoms with Crippen molar-refractivity contribution < 1.29 is 4.79 Å². The lowest BCUT2D eigenvalue weighted by atomic mass is 10.1. The van der Waals surface area contributed by atoms with Crippen molar-refractivity contribution in [3.8, 4) is 0 Å². The zero-order valence-electron chi connectivity index (χ0n) is 17.4. The van der Waals surface area contributed by atoms with Gasteiger partial charge in [0.05, 0.1) is 15.2 Å². The van der Waals surface area contributed by atoms with Gasteiger partial charge in [0, 0.05) is 39.1 Å². The number of fused-ring (bicyclic) bond motifs is 1. The molecular weight excluding hydrogens is 390 g/mol. The summed E-state index contributed by atoms with van der Waals surface area (Å²) in [7, 11) is 0. The number of aryl methyl sites for hydroxylation is 1. The van der Waals surface area contributed by atoms with E-state index >= 15 is 0 Å². The molecule has 0 saturated carbocycles. The number of amides is 1. The number of rotatable bonds is 8. The van der Waals surface area contributed by atoms with E-state index in [-0.39, 0.29) is 0 Å². The van der Waals surface area contributed by atoms with Crippen LogP contribution in [0.1, 0.15) is 29.8 Å². The Kier molecular flexibility index (Phi) is 7.27. The molecule has 4 rings (SSSR count). The summed E-state index contributed by atoms with van der Waals surface area (Å²) in [4.78, 5) is 21.7. The predicted octanol–water partition coefficient (Wildman–Crippen LogP) is 4.87. The summed E-state index contributed by atoms with van der Waals surface area (Å²) in [5, 5.41) is 1.18. The maximum absolute atomic E-state index is 12.5. The number of unbranched alkanes of at least 4 members (excludes halogenated alkanes) is 1. The molecule has 0 atom stereocenters. The first-order chi connectivity index (χ1) is 14.8. The van der Waals surface area contributed by atoms with Gasteiger partial charge in [-0.1, -0.05) is 54.6 Å². The van der Waals surface area contributed by atoms with Gasteiger partial charge in [-0.2, -0.15) is 0 Å². The highest BCUT2D eigenvalue weighted by molar-refractivity contribution is 7.18. The summed E-state index contributed by atoms with van der Waals surface area (Å²) in [6, 6.07) is 18.7. The molecule has 2 aromatic carbocycles. The largest absolute Gasteiger partial charge is 0.340 e. The number of benzene rings is 2. The van der Waals surface area contributed by atoms with Crippen LogP contribution in [0.5, 0.6) is 0 Å². The van der Waals surface area contributed by atoms with Gasteiger partial charge in [-0.3, -0.25) is 9.69 Å². The van der Waals surface area contributed by atoms with Crippen LogP contribution in [0.4, 0.5) is 0 Å². The quantitative estimate of drug-likeness (QED) is 0.489. The fraction of sp³-hybridized carbons (Fsp3) is 0.360. The minimum atomic E-state index is 0.304. The highest BCUT2D eigenvalue weighted by atomic mass is 32.1. The van der Waals surface area contributed by atoms with E-state index in [1.165, 1.54) is 15.3 Å². The van der Waals surface area contributed by atoms with Crippen LogP contribution in [0, 0.1) is 0 Å². The number of hydrogen-bond donors (Lipinski definition) is 0. The van der Waals surface area contributed by atoms with Crippen molar-refractivity contribution in [3.63, 3.8) is 0 Å². The molecule has 0 unspecified atom stereocenters. The van der Waals surface area contributed by atoms with Crippen LogP contribution in [-0.4, -0.2) is 53.4 Å². The molecule has 0 spiro atoms. The van der Waals surface area contributed by atoms with Crippen LogP contribution in [0.25, 0.3) is 16.3 Å². The number of carbonyl (C=O) groups is 1. The molecule has 156 valence electrons. The van der Waals surface area contributed by atoms with Gasteiger partial charge in [0.25, 0.3) is 0 Å². The van der Waals surface area contributed by atoms with Gasteiger partial charge >= 0.3 is 0 Å². The molecule has 2 heterocycles. The third-order valence-corrected chi connectivity index (χ3v) is 6.66. The summed E-state index contributed by atoms with van der Waals surface area (Å²) >= 11 is 1.77. The predicted molar refractivity (Wildman–Crippen MR) is 126 cm³/mol. The van der Waals surface area contributed by atoms with Gasteiger partial charge in [-0.05, 0) is 37.0 Å². The Bertz CT molecular complexity index is 941. The van der Waals surface area contributed by atoms with Crippen LogP contribution < -0.4 is 0 Å². The maximum atomic E-state index is 12.5. The van der Waals surface area contributed by atoms with E-state index in [1.54, 1.807) is 11.3 Å². The number of thiazole rings is 1. The Balaban J connectivity index is 1.13. The van der Waals surface area contributed by atoms with Gasteiger partial charge in [0.15, 0.2) is 0 Å². The normalized spacial score (nSPS) is 15.3. The summed E-state index contributed by atoms with van der Waals surface area (Å²) in [6.45, 7) is 4.54. The van der Waals surface area contributed by atoms with E-state index in [0.717, 1.165) is 57.5 Å². The van der Waals surface area contributed by atoms with Crippen molar-refractivity contribution in [3.05, 3.63) is 71.2 Å². The fourth-order valence-electron chi connectivity index (χ4n) is 3.82. The van der Waals surface area contributed by atoms with Gasteiger partial charge in [0.1, 0.15) is 0 Å². The molecule has 1 amide bonds. The van der Waals surface area contributed by atoms with Crippen LogP contribution in [0.3, 0.4) is 0 Å². The standard InChI is InChI=1S/C25H29N3OS/c29-25(15-7-6-14-24-26-22-12-4-5-13-23(22)30-24)28-19-17-27(18-20-28)16-8-11-21-9-2-1-3-10-21/h1-5,8-13H,6-7,14-20H2/b11-8+. The molecule has 30 heavy (non-hydrogen) atoms. The average molecular weight is 420 g/mol. The molecular formula is C25H29N3OS. The van der Waals surface area contributed by atoms with Crippen molar-refractivity contribution in [2.24, 2.45) is 0 Å². The monoisotopic (exact) mass is 419 g/mol. The molecule has 1 aliphatic rings. The second kappa shape index (κ2) is 10.5. The van der Waals surface area contributed by atoms with E-state index in [0.29, 0.717) is 12.3 Å². The second-order valence-corrected chi connectivity index (χ2v) is 8.89. The topological polar surface area (TPSA) is 36.4 Å². The first-order valence-electron chi connectivity index (χ1n) is 10.8. The average Bonchev–Trinajstić information content (AvgIpc) is 3.21. The van der Waals surface area contributed by atoms with E-state index in [4.69, 9.17) is 0 Å².